The second kappa shape index (κ2) is 8.49. The fourth-order valence-corrected chi connectivity index (χ4v) is 3.74. The largest absolute Gasteiger partial charge is 0.353 e. The number of nitrogens with one attached hydrogen (secondary N) is 1. The summed E-state index contributed by atoms with van der Waals surface area (Å²) in [5, 5.41) is 7.48. The van der Waals surface area contributed by atoms with Crippen molar-refractivity contribution in [1.29, 1.82) is 0 Å². The molecule has 0 aliphatic carbocycles. The summed E-state index contributed by atoms with van der Waals surface area (Å²) < 4.78 is 1.80. The summed E-state index contributed by atoms with van der Waals surface area (Å²) >= 11 is 0. The molecule has 5 heteroatoms. The van der Waals surface area contributed by atoms with Crippen molar-refractivity contribution in [3.05, 3.63) is 52.8 Å². The molecule has 3 rings (SSSR count). The van der Waals surface area contributed by atoms with Crippen LogP contribution in [0.3, 0.4) is 0 Å². The third kappa shape index (κ3) is 4.52. The molecule has 0 spiro atoms. The van der Waals surface area contributed by atoms with Crippen LogP contribution in [0.5, 0.6) is 0 Å². The zero-order chi connectivity index (χ0) is 18.5. The number of piperidine rings is 1. The number of carbonyl (C=O) groups excluding carboxylic acids is 1. The molecule has 1 aliphatic heterocycles. The van der Waals surface area contributed by atoms with Gasteiger partial charge in [0.05, 0.1) is 5.69 Å². The maximum Gasteiger partial charge on any atom is 0.241 e. The smallest absolute Gasteiger partial charge is 0.241 e. The number of nitrogens with zero attached hydrogens (tertiary/aromatic N) is 3. The van der Waals surface area contributed by atoms with Gasteiger partial charge in [-0.05, 0) is 57.2 Å². The summed E-state index contributed by atoms with van der Waals surface area (Å²) in [6, 6.07) is 10.8. The van der Waals surface area contributed by atoms with E-state index in [0.717, 1.165) is 36.6 Å². The van der Waals surface area contributed by atoms with Gasteiger partial charge in [0.15, 0.2) is 0 Å². The molecule has 0 unspecified atom stereocenters. The van der Waals surface area contributed by atoms with Gasteiger partial charge in [-0.2, -0.15) is 5.10 Å². The molecule has 1 aromatic carbocycles. The van der Waals surface area contributed by atoms with Crippen molar-refractivity contribution >= 4 is 5.91 Å². The Bertz CT molecular complexity index is 738. The molecule has 0 bridgehead atoms. The highest BCUT2D eigenvalue weighted by Gasteiger charge is 2.21. The van der Waals surface area contributed by atoms with Gasteiger partial charge < -0.3 is 10.2 Å². The van der Waals surface area contributed by atoms with Crippen molar-refractivity contribution in [3.63, 3.8) is 0 Å². The number of hydrogen-bond donors (Lipinski definition) is 1. The van der Waals surface area contributed by atoms with Crippen molar-refractivity contribution in [2.24, 2.45) is 0 Å². The predicted octanol–water partition coefficient (Wildman–Crippen LogP) is 2.80. The summed E-state index contributed by atoms with van der Waals surface area (Å²) in [6.45, 7) is 10.1. The molecule has 1 atom stereocenters. The van der Waals surface area contributed by atoms with E-state index in [9.17, 15) is 4.79 Å². The van der Waals surface area contributed by atoms with Crippen LogP contribution in [0, 0.1) is 20.8 Å². The lowest BCUT2D eigenvalue weighted by Crippen LogP contribution is -2.40. The molecule has 26 heavy (non-hydrogen) atoms. The molecule has 0 saturated carbocycles. The number of rotatable bonds is 6. The Balaban J connectivity index is 1.44. The summed E-state index contributed by atoms with van der Waals surface area (Å²) in [5.74, 6) is 0.644. The van der Waals surface area contributed by atoms with Gasteiger partial charge in [-0.15, -0.1) is 0 Å². The minimum absolute atomic E-state index is 0.0345. The molecule has 2 heterocycles. The van der Waals surface area contributed by atoms with E-state index in [0.29, 0.717) is 19.0 Å². The van der Waals surface area contributed by atoms with E-state index < -0.39 is 0 Å². The highest BCUT2D eigenvalue weighted by Crippen LogP contribution is 2.26. The molecule has 1 fully saturated rings. The third-order valence-electron chi connectivity index (χ3n) is 5.56. The van der Waals surface area contributed by atoms with Crippen molar-refractivity contribution in [1.82, 2.24) is 20.0 Å². The summed E-state index contributed by atoms with van der Waals surface area (Å²) in [6.07, 6.45) is 2.47. The van der Waals surface area contributed by atoms with E-state index in [4.69, 9.17) is 0 Å². The monoisotopic (exact) mass is 354 g/mol. The summed E-state index contributed by atoms with van der Waals surface area (Å²) in [5.41, 5.74) is 4.66. The van der Waals surface area contributed by atoms with Crippen molar-refractivity contribution in [2.75, 3.05) is 26.2 Å². The van der Waals surface area contributed by atoms with E-state index in [2.05, 4.69) is 45.6 Å². The average molecular weight is 354 g/mol. The number of hydrogen-bond acceptors (Lipinski definition) is 3. The first-order chi connectivity index (χ1) is 12.5. The topological polar surface area (TPSA) is 50.2 Å². The minimum Gasteiger partial charge on any atom is -0.353 e. The van der Waals surface area contributed by atoms with Crippen LogP contribution >= 0.6 is 0 Å². The molecule has 5 nitrogen and oxygen atoms in total. The zero-order valence-electron chi connectivity index (χ0n) is 16.2. The van der Waals surface area contributed by atoms with E-state index in [-0.39, 0.29) is 5.91 Å². The number of likely N-dealkylation sites (tertiary alicyclic amines) is 1. The zero-order valence-corrected chi connectivity index (χ0v) is 16.2. The highest BCUT2D eigenvalue weighted by atomic mass is 16.2. The van der Waals surface area contributed by atoms with E-state index in [1.54, 1.807) is 4.68 Å². The van der Waals surface area contributed by atoms with Crippen molar-refractivity contribution < 1.29 is 4.79 Å². The number of aryl methyl sites for hydroxylation is 1. The fourth-order valence-electron chi connectivity index (χ4n) is 3.74. The highest BCUT2D eigenvalue weighted by molar-refractivity contribution is 5.75. The van der Waals surface area contributed by atoms with E-state index >= 15 is 0 Å². The third-order valence-corrected chi connectivity index (χ3v) is 5.56. The van der Waals surface area contributed by atoms with Crippen LogP contribution < -0.4 is 5.32 Å². The quantitative estimate of drug-likeness (QED) is 0.868. The first kappa shape index (κ1) is 18.6. The van der Waals surface area contributed by atoms with Crippen LogP contribution in [0.15, 0.2) is 30.3 Å². The number of benzene rings is 1. The Morgan fingerprint density at radius 3 is 2.69 bits per heavy atom. The lowest BCUT2D eigenvalue weighted by Gasteiger charge is -2.33. The lowest BCUT2D eigenvalue weighted by molar-refractivity contribution is -0.121. The number of carbonyl (C=O) groups is 1. The molecule has 140 valence electrons. The second-order valence-electron chi connectivity index (χ2n) is 7.35. The van der Waals surface area contributed by atoms with E-state index in [1.165, 1.54) is 18.4 Å². The van der Waals surface area contributed by atoms with Gasteiger partial charge in [-0.25, -0.2) is 0 Å². The summed E-state index contributed by atoms with van der Waals surface area (Å²) in [4.78, 5) is 14.7. The SMILES string of the molecule is Cc1nn(CC(=O)NCCN2CCC[C@@H](c3ccccc3)C2)c(C)c1C. The first-order valence-corrected chi connectivity index (χ1v) is 9.59. The molecule has 2 aromatic rings. The van der Waals surface area contributed by atoms with Crippen LogP contribution in [0.25, 0.3) is 0 Å². The molecular weight excluding hydrogens is 324 g/mol. The predicted molar refractivity (Wildman–Crippen MR) is 104 cm³/mol. The molecule has 1 aromatic heterocycles. The van der Waals surface area contributed by atoms with Gasteiger partial charge in [-0.3, -0.25) is 9.48 Å². The molecular formula is C21H30N4O. The van der Waals surface area contributed by atoms with Crippen LogP contribution in [-0.4, -0.2) is 46.8 Å². The molecule has 1 aliphatic rings. The van der Waals surface area contributed by atoms with Crippen molar-refractivity contribution in [2.45, 2.75) is 46.1 Å². The number of aromatic nitrogens is 2. The molecule has 1 saturated heterocycles. The summed E-state index contributed by atoms with van der Waals surface area (Å²) in [7, 11) is 0. The second-order valence-corrected chi connectivity index (χ2v) is 7.35. The van der Waals surface area contributed by atoms with Crippen LogP contribution in [0.4, 0.5) is 0 Å². The Morgan fingerprint density at radius 2 is 2.00 bits per heavy atom. The molecule has 1 N–H and O–H groups in total. The maximum atomic E-state index is 12.2. The van der Waals surface area contributed by atoms with Crippen LogP contribution in [-0.2, 0) is 11.3 Å². The molecule has 1 amide bonds. The van der Waals surface area contributed by atoms with Gasteiger partial charge in [0.25, 0.3) is 0 Å². The van der Waals surface area contributed by atoms with Gasteiger partial charge in [0.2, 0.25) is 5.91 Å². The Kier molecular flexibility index (Phi) is 6.09. The van der Waals surface area contributed by atoms with Gasteiger partial charge in [-0.1, -0.05) is 30.3 Å². The van der Waals surface area contributed by atoms with E-state index in [1.807, 2.05) is 20.8 Å². The van der Waals surface area contributed by atoms with Crippen LogP contribution in [0.2, 0.25) is 0 Å². The maximum absolute atomic E-state index is 12.2. The Hall–Kier alpha value is -2.14. The van der Waals surface area contributed by atoms with Gasteiger partial charge >= 0.3 is 0 Å². The first-order valence-electron chi connectivity index (χ1n) is 9.59. The minimum atomic E-state index is 0.0345. The lowest BCUT2D eigenvalue weighted by atomic mass is 9.91. The Morgan fingerprint density at radius 1 is 1.23 bits per heavy atom. The van der Waals surface area contributed by atoms with Crippen LogP contribution in [0.1, 0.15) is 41.3 Å². The average Bonchev–Trinajstić information content (AvgIpc) is 2.89. The van der Waals surface area contributed by atoms with Gasteiger partial charge in [0, 0.05) is 25.3 Å². The number of amides is 1. The van der Waals surface area contributed by atoms with Crippen molar-refractivity contribution in [3.8, 4) is 0 Å². The normalized spacial score (nSPS) is 18.0. The Labute approximate surface area is 156 Å². The molecule has 0 radical (unpaired) electrons. The standard InChI is InChI=1S/C21H30N4O/c1-16-17(2)23-25(18(16)3)15-21(26)22-11-13-24-12-7-10-20(14-24)19-8-5-4-6-9-19/h4-6,8-9,20H,7,10-15H2,1-3H3,(H,22,26)/t20-/m1/s1. The fraction of sp³-hybridized carbons (Fsp3) is 0.524. The van der Waals surface area contributed by atoms with Gasteiger partial charge in [0.1, 0.15) is 6.54 Å².